The molecule has 0 N–H and O–H groups in total. The maximum Gasteiger partial charge on any atom is 0.339 e. The number of fused-ring (bicyclic) bond motifs is 15. The van der Waals surface area contributed by atoms with Crippen LogP contribution < -0.4 is 0 Å². The second kappa shape index (κ2) is 7.68. The van der Waals surface area contributed by atoms with Crippen LogP contribution in [0.1, 0.15) is 65.7 Å². The van der Waals surface area contributed by atoms with Crippen LogP contribution in [0.2, 0.25) is 0 Å². The summed E-state index contributed by atoms with van der Waals surface area (Å²) in [5, 5.41) is 1.90. The first-order chi connectivity index (χ1) is 19.1. The van der Waals surface area contributed by atoms with Gasteiger partial charge in [-0.2, -0.15) is 0 Å². The Morgan fingerprint density at radius 2 is 0.795 bits per heavy atom. The van der Waals surface area contributed by atoms with E-state index in [9.17, 15) is 9.59 Å². The zero-order valence-corrected chi connectivity index (χ0v) is 22.5. The molecular formula is C35H38O4. The second-order valence-electron chi connectivity index (χ2n) is 15.1. The lowest BCUT2D eigenvalue weighted by Gasteiger charge is -2.12. The van der Waals surface area contributed by atoms with E-state index in [4.69, 9.17) is 9.47 Å². The molecule has 0 radical (unpaired) electrons. The highest BCUT2D eigenvalue weighted by molar-refractivity contribution is 6.07. The summed E-state index contributed by atoms with van der Waals surface area (Å²) in [5.74, 6) is 11.8. The summed E-state index contributed by atoms with van der Waals surface area (Å²) in [5.41, 5.74) is 0.716. The quantitative estimate of drug-likeness (QED) is 0.365. The second-order valence-corrected chi connectivity index (χ2v) is 15.1. The monoisotopic (exact) mass is 522 g/mol. The fourth-order valence-corrected chi connectivity index (χ4v) is 10.2. The average Bonchev–Trinajstić information content (AvgIpc) is 3.69. The summed E-state index contributed by atoms with van der Waals surface area (Å²) in [4.78, 5) is 26.6. The molecule has 7 saturated carbocycles. The van der Waals surface area contributed by atoms with Crippen molar-refractivity contribution >= 4 is 22.7 Å². The maximum atomic E-state index is 13.3. The minimum absolute atomic E-state index is 0.358. The molecule has 2 aromatic carbocycles. The Morgan fingerprint density at radius 3 is 1.15 bits per heavy atom. The Kier molecular flexibility index (Phi) is 4.40. The van der Waals surface area contributed by atoms with Gasteiger partial charge in [-0.25, -0.2) is 9.59 Å². The SMILES string of the molecule is O=C1OCC2CC2C2CC2C2CC2C2CC2C2CC2C2CC2C2CC2COC(=O)c2cc3ccccc3cc21. The minimum Gasteiger partial charge on any atom is -0.462 e. The van der Waals surface area contributed by atoms with Crippen molar-refractivity contribution in [2.45, 2.75) is 44.9 Å². The highest BCUT2D eigenvalue weighted by Gasteiger charge is 2.68. The van der Waals surface area contributed by atoms with Crippen molar-refractivity contribution in [1.29, 1.82) is 0 Å². The highest BCUT2D eigenvalue weighted by Crippen LogP contribution is 2.75. The molecular weight excluding hydrogens is 484 g/mol. The average molecular weight is 523 g/mol. The number of benzene rings is 2. The standard InChI is InChI=1S/C35H38O4/c36-34-32-5-16-3-1-2-4-17(16)6-33(32)35(37)39-15-19-8-21(19)23-10-25(23)27-12-29(27)31-13-30(31)28-11-26(28)24-9-22(24)20-7-18(20)14-38-34/h1-6,18-31H,7-15H2. The van der Waals surface area contributed by atoms with Gasteiger partial charge in [0.2, 0.25) is 0 Å². The molecule has 14 unspecified atom stereocenters. The summed E-state index contributed by atoms with van der Waals surface area (Å²) in [6.07, 6.45) is 9.83. The molecule has 10 rings (SSSR count). The number of cyclic esters (lactones) is 2. The Balaban J connectivity index is 0.900. The summed E-state index contributed by atoms with van der Waals surface area (Å²) in [6.45, 7) is 0.977. The van der Waals surface area contributed by atoms with Gasteiger partial charge >= 0.3 is 11.9 Å². The van der Waals surface area contributed by atoms with Gasteiger partial charge in [-0.05, 0) is 151 Å². The molecule has 39 heavy (non-hydrogen) atoms. The maximum absolute atomic E-state index is 13.3. The van der Waals surface area contributed by atoms with Gasteiger partial charge in [-0.1, -0.05) is 24.3 Å². The number of carbonyl (C=O) groups is 2. The summed E-state index contributed by atoms with van der Waals surface area (Å²) >= 11 is 0. The Hall–Kier alpha value is -2.36. The summed E-state index contributed by atoms with van der Waals surface area (Å²) < 4.78 is 11.8. The third-order valence-electron chi connectivity index (χ3n) is 12.9. The fraction of sp³-hybridized carbons (Fsp3) is 0.657. The third-order valence-corrected chi connectivity index (χ3v) is 12.9. The van der Waals surface area contributed by atoms with E-state index >= 15 is 0 Å². The van der Waals surface area contributed by atoms with E-state index < -0.39 is 0 Å². The van der Waals surface area contributed by atoms with Crippen molar-refractivity contribution in [2.24, 2.45) is 82.9 Å². The highest BCUT2D eigenvalue weighted by atomic mass is 16.5. The smallest absolute Gasteiger partial charge is 0.339 e. The van der Waals surface area contributed by atoms with Crippen LogP contribution in [0.5, 0.6) is 0 Å². The van der Waals surface area contributed by atoms with Crippen LogP contribution in [-0.4, -0.2) is 25.2 Å². The van der Waals surface area contributed by atoms with Crippen molar-refractivity contribution in [2.75, 3.05) is 13.2 Å². The van der Waals surface area contributed by atoms with E-state index in [0.717, 1.165) is 81.8 Å². The molecule has 0 amide bonds. The van der Waals surface area contributed by atoms with Gasteiger partial charge in [0, 0.05) is 0 Å². The van der Waals surface area contributed by atoms with E-state index in [0.29, 0.717) is 36.2 Å². The van der Waals surface area contributed by atoms with Gasteiger partial charge in [0.1, 0.15) is 0 Å². The number of carbonyl (C=O) groups excluding carboxylic acids is 2. The third kappa shape index (κ3) is 3.68. The molecule has 7 fully saturated rings. The first kappa shape index (κ1) is 22.3. The van der Waals surface area contributed by atoms with Crippen LogP contribution in [0, 0.1) is 82.9 Å². The zero-order valence-electron chi connectivity index (χ0n) is 22.5. The van der Waals surface area contributed by atoms with Crippen molar-refractivity contribution in [3.05, 3.63) is 47.5 Å². The van der Waals surface area contributed by atoms with Gasteiger partial charge in [-0.15, -0.1) is 0 Å². The Labute approximate surface area is 230 Å². The molecule has 2 aromatic rings. The number of hydrogen-bond acceptors (Lipinski definition) is 4. The van der Waals surface area contributed by atoms with Gasteiger partial charge in [0.15, 0.2) is 0 Å². The molecule has 7 aliphatic carbocycles. The molecule has 0 aromatic heterocycles. The molecule has 1 heterocycles. The first-order valence-electron chi connectivity index (χ1n) is 16.0. The van der Waals surface area contributed by atoms with Crippen molar-refractivity contribution in [3.63, 3.8) is 0 Å². The lowest BCUT2D eigenvalue weighted by Crippen LogP contribution is -2.16. The summed E-state index contributed by atoms with van der Waals surface area (Å²) in [7, 11) is 0. The predicted molar refractivity (Wildman–Crippen MR) is 146 cm³/mol. The fourth-order valence-electron chi connectivity index (χ4n) is 10.2. The first-order valence-corrected chi connectivity index (χ1v) is 16.0. The van der Waals surface area contributed by atoms with Crippen LogP contribution in [-0.2, 0) is 9.47 Å². The molecule has 0 spiro atoms. The molecule has 8 aliphatic rings. The van der Waals surface area contributed by atoms with Gasteiger partial charge in [0.05, 0.1) is 24.3 Å². The molecule has 14 atom stereocenters. The molecule has 1 aliphatic heterocycles. The van der Waals surface area contributed by atoms with Crippen LogP contribution in [0.3, 0.4) is 0 Å². The van der Waals surface area contributed by atoms with E-state index in [1.807, 2.05) is 36.4 Å². The Morgan fingerprint density at radius 1 is 0.462 bits per heavy atom. The number of esters is 2. The molecule has 4 nitrogen and oxygen atoms in total. The van der Waals surface area contributed by atoms with Crippen LogP contribution >= 0.6 is 0 Å². The van der Waals surface area contributed by atoms with E-state index in [1.165, 1.54) is 44.9 Å². The van der Waals surface area contributed by atoms with E-state index in [2.05, 4.69) is 0 Å². The topological polar surface area (TPSA) is 52.6 Å². The van der Waals surface area contributed by atoms with E-state index in [1.54, 1.807) is 0 Å². The lowest BCUT2D eigenvalue weighted by atomic mass is 10.0. The number of ether oxygens (including phenoxy) is 2. The zero-order chi connectivity index (χ0) is 25.6. The minimum atomic E-state index is -0.376. The molecule has 202 valence electrons. The largest absolute Gasteiger partial charge is 0.462 e. The van der Waals surface area contributed by atoms with Crippen molar-refractivity contribution in [3.8, 4) is 0 Å². The predicted octanol–water partition coefficient (Wildman–Crippen LogP) is 6.62. The molecule has 4 heteroatoms. The van der Waals surface area contributed by atoms with Crippen molar-refractivity contribution < 1.29 is 19.1 Å². The van der Waals surface area contributed by atoms with E-state index in [-0.39, 0.29) is 11.9 Å². The summed E-state index contributed by atoms with van der Waals surface area (Å²) in [6, 6.07) is 11.6. The Bertz CT molecular complexity index is 1310. The van der Waals surface area contributed by atoms with Crippen LogP contribution in [0.25, 0.3) is 10.8 Å². The van der Waals surface area contributed by atoms with Crippen molar-refractivity contribution in [1.82, 2.24) is 0 Å². The molecule has 0 saturated heterocycles. The number of rotatable bonds is 0. The van der Waals surface area contributed by atoms with Gasteiger partial charge in [0.25, 0.3) is 0 Å². The van der Waals surface area contributed by atoms with Crippen LogP contribution in [0.15, 0.2) is 36.4 Å². The molecule has 0 bridgehead atoms. The normalized spacial score (nSPS) is 50.2. The van der Waals surface area contributed by atoms with Gasteiger partial charge in [-0.3, -0.25) is 0 Å². The lowest BCUT2D eigenvalue weighted by molar-refractivity contribution is 0.0431. The number of hydrogen-bond donors (Lipinski definition) is 0. The van der Waals surface area contributed by atoms with Crippen LogP contribution in [0.4, 0.5) is 0 Å². The van der Waals surface area contributed by atoms with Gasteiger partial charge < -0.3 is 9.47 Å².